The van der Waals surface area contributed by atoms with Gasteiger partial charge >= 0.3 is 0 Å². The van der Waals surface area contributed by atoms with Crippen LogP contribution in [-0.4, -0.2) is 37.0 Å². The minimum Gasteiger partial charge on any atom is -0.486 e. The van der Waals surface area contributed by atoms with E-state index in [1.54, 1.807) is 60.5 Å². The zero-order chi connectivity index (χ0) is 20.9. The summed E-state index contributed by atoms with van der Waals surface area (Å²) in [6.07, 6.45) is 0. The van der Waals surface area contributed by atoms with Crippen LogP contribution < -0.4 is 14.8 Å². The van der Waals surface area contributed by atoms with E-state index in [2.05, 4.69) is 5.32 Å². The fraction of sp³-hybridized carbons (Fsp3) is 0.167. The van der Waals surface area contributed by atoms with Gasteiger partial charge in [0.15, 0.2) is 11.5 Å². The normalized spacial score (nSPS) is 12.2. The van der Waals surface area contributed by atoms with Crippen molar-refractivity contribution in [2.45, 2.75) is 6.54 Å². The minimum absolute atomic E-state index is 0.186. The van der Waals surface area contributed by atoms with Gasteiger partial charge in [0.2, 0.25) is 0 Å². The van der Waals surface area contributed by atoms with Crippen molar-refractivity contribution in [1.29, 1.82) is 0 Å². The Labute approximate surface area is 175 Å². The molecule has 4 rings (SSSR count). The lowest BCUT2D eigenvalue weighted by molar-refractivity contribution is 0.0786. The second-order valence-electron chi connectivity index (χ2n) is 7.00. The smallest absolute Gasteiger partial charge is 0.256 e. The van der Waals surface area contributed by atoms with E-state index >= 15 is 0 Å². The van der Waals surface area contributed by atoms with Gasteiger partial charge in [-0.05, 0) is 42.0 Å². The van der Waals surface area contributed by atoms with E-state index in [9.17, 15) is 9.59 Å². The predicted octanol–water partition coefficient (Wildman–Crippen LogP) is 3.98. The van der Waals surface area contributed by atoms with Crippen LogP contribution in [0, 0.1) is 0 Å². The molecule has 0 unspecified atom stereocenters. The Kier molecular flexibility index (Phi) is 5.66. The monoisotopic (exact) mass is 402 g/mol. The van der Waals surface area contributed by atoms with Gasteiger partial charge in [-0.1, -0.05) is 36.4 Å². The highest BCUT2D eigenvalue weighted by atomic mass is 16.6. The molecule has 3 aromatic carbocycles. The van der Waals surface area contributed by atoms with Gasteiger partial charge in [0, 0.05) is 19.2 Å². The lowest BCUT2D eigenvalue weighted by atomic mass is 10.1. The molecule has 0 bridgehead atoms. The highest BCUT2D eigenvalue weighted by Gasteiger charge is 2.19. The molecule has 0 aromatic heterocycles. The van der Waals surface area contributed by atoms with E-state index in [0.717, 1.165) is 5.56 Å². The highest BCUT2D eigenvalue weighted by Crippen LogP contribution is 2.31. The third kappa shape index (κ3) is 4.27. The summed E-state index contributed by atoms with van der Waals surface area (Å²) in [5.41, 5.74) is 2.37. The van der Waals surface area contributed by atoms with E-state index in [-0.39, 0.29) is 11.8 Å². The molecule has 1 aliphatic rings. The molecule has 1 aliphatic heterocycles. The number of rotatable bonds is 5. The number of benzene rings is 3. The summed E-state index contributed by atoms with van der Waals surface area (Å²) in [5, 5.41) is 2.84. The summed E-state index contributed by atoms with van der Waals surface area (Å²) in [4.78, 5) is 27.2. The van der Waals surface area contributed by atoms with Gasteiger partial charge < -0.3 is 19.7 Å². The van der Waals surface area contributed by atoms with Gasteiger partial charge in [-0.3, -0.25) is 9.59 Å². The summed E-state index contributed by atoms with van der Waals surface area (Å²) in [7, 11) is 1.73. The molecule has 0 atom stereocenters. The number of anilines is 1. The number of nitrogens with one attached hydrogen (secondary N) is 1. The average molecular weight is 402 g/mol. The number of fused-ring (bicyclic) bond motifs is 1. The molecule has 0 saturated carbocycles. The van der Waals surface area contributed by atoms with Crippen LogP contribution in [0.3, 0.4) is 0 Å². The molecule has 1 heterocycles. The third-order valence-corrected chi connectivity index (χ3v) is 4.81. The molecular formula is C24H22N2O4. The Hall–Kier alpha value is -3.80. The molecule has 3 aromatic rings. The van der Waals surface area contributed by atoms with Gasteiger partial charge in [-0.15, -0.1) is 0 Å². The molecule has 2 amide bonds. The fourth-order valence-electron chi connectivity index (χ4n) is 3.30. The standard InChI is InChI=1S/C24H22N2O4/c1-26(16-17-11-12-21-22(15-17)30-14-13-29-21)24(28)19-9-5-6-10-20(19)25-23(27)18-7-3-2-4-8-18/h2-12,15H,13-14,16H2,1H3,(H,25,27). The molecule has 0 radical (unpaired) electrons. The SMILES string of the molecule is CN(Cc1ccc2c(c1)OCCO2)C(=O)c1ccccc1NC(=O)c1ccccc1. The van der Waals surface area contributed by atoms with Crippen LogP contribution in [0.1, 0.15) is 26.3 Å². The summed E-state index contributed by atoms with van der Waals surface area (Å²) >= 11 is 0. The molecule has 0 aliphatic carbocycles. The fourth-order valence-corrected chi connectivity index (χ4v) is 3.30. The molecule has 0 saturated heterocycles. The second kappa shape index (κ2) is 8.69. The number of carbonyl (C=O) groups excluding carboxylic acids is 2. The van der Waals surface area contributed by atoms with Gasteiger partial charge in [0.25, 0.3) is 11.8 Å². The molecular weight excluding hydrogens is 380 g/mol. The first-order chi connectivity index (χ1) is 14.6. The maximum Gasteiger partial charge on any atom is 0.256 e. The summed E-state index contributed by atoms with van der Waals surface area (Å²) in [6, 6.07) is 21.6. The van der Waals surface area contributed by atoms with Crippen LogP contribution in [-0.2, 0) is 6.54 Å². The number of hydrogen-bond acceptors (Lipinski definition) is 4. The number of carbonyl (C=O) groups is 2. The summed E-state index contributed by atoms with van der Waals surface area (Å²) in [5.74, 6) is 0.960. The highest BCUT2D eigenvalue weighted by molar-refractivity contribution is 6.08. The van der Waals surface area contributed by atoms with Crippen molar-refractivity contribution in [3.05, 3.63) is 89.5 Å². The van der Waals surface area contributed by atoms with E-state index in [0.29, 0.717) is 48.1 Å². The number of para-hydroxylation sites is 1. The summed E-state index contributed by atoms with van der Waals surface area (Å²) in [6.45, 7) is 1.45. The lowest BCUT2D eigenvalue weighted by Gasteiger charge is -2.22. The molecule has 30 heavy (non-hydrogen) atoms. The maximum atomic E-state index is 13.1. The van der Waals surface area contributed by atoms with Crippen molar-refractivity contribution in [1.82, 2.24) is 4.90 Å². The zero-order valence-corrected chi connectivity index (χ0v) is 16.6. The van der Waals surface area contributed by atoms with Crippen molar-refractivity contribution < 1.29 is 19.1 Å². The van der Waals surface area contributed by atoms with E-state index in [4.69, 9.17) is 9.47 Å². The van der Waals surface area contributed by atoms with Crippen LogP contribution >= 0.6 is 0 Å². The van der Waals surface area contributed by atoms with E-state index < -0.39 is 0 Å². The Morgan fingerprint density at radius 3 is 2.40 bits per heavy atom. The van der Waals surface area contributed by atoms with E-state index in [1.165, 1.54) is 0 Å². The first-order valence-corrected chi connectivity index (χ1v) is 9.71. The maximum absolute atomic E-state index is 13.1. The number of amides is 2. The lowest BCUT2D eigenvalue weighted by Crippen LogP contribution is -2.27. The van der Waals surface area contributed by atoms with Crippen molar-refractivity contribution in [3.63, 3.8) is 0 Å². The van der Waals surface area contributed by atoms with Crippen molar-refractivity contribution in [3.8, 4) is 11.5 Å². The van der Waals surface area contributed by atoms with Gasteiger partial charge in [-0.25, -0.2) is 0 Å². The molecule has 0 spiro atoms. The number of hydrogen-bond donors (Lipinski definition) is 1. The number of nitrogens with zero attached hydrogens (tertiary/aromatic N) is 1. The van der Waals surface area contributed by atoms with Crippen LogP contribution in [0.25, 0.3) is 0 Å². The Bertz CT molecular complexity index is 1070. The van der Waals surface area contributed by atoms with E-state index in [1.807, 2.05) is 24.3 Å². The first-order valence-electron chi connectivity index (χ1n) is 9.71. The summed E-state index contributed by atoms with van der Waals surface area (Å²) < 4.78 is 11.2. The van der Waals surface area contributed by atoms with Crippen molar-refractivity contribution >= 4 is 17.5 Å². The van der Waals surface area contributed by atoms with Crippen LogP contribution in [0.4, 0.5) is 5.69 Å². The van der Waals surface area contributed by atoms with Gasteiger partial charge in [-0.2, -0.15) is 0 Å². The first kappa shape index (κ1) is 19.5. The average Bonchev–Trinajstić information content (AvgIpc) is 2.79. The molecule has 6 nitrogen and oxygen atoms in total. The Morgan fingerprint density at radius 1 is 0.900 bits per heavy atom. The quantitative estimate of drug-likeness (QED) is 0.701. The van der Waals surface area contributed by atoms with Gasteiger partial charge in [0.05, 0.1) is 11.3 Å². The van der Waals surface area contributed by atoms with Gasteiger partial charge in [0.1, 0.15) is 13.2 Å². The molecule has 152 valence electrons. The Morgan fingerprint density at radius 2 is 1.60 bits per heavy atom. The zero-order valence-electron chi connectivity index (χ0n) is 16.6. The van der Waals surface area contributed by atoms with Crippen LogP contribution in [0.15, 0.2) is 72.8 Å². The number of ether oxygens (including phenoxy) is 2. The van der Waals surface area contributed by atoms with Crippen LogP contribution in [0.5, 0.6) is 11.5 Å². The second-order valence-corrected chi connectivity index (χ2v) is 7.00. The third-order valence-electron chi connectivity index (χ3n) is 4.81. The minimum atomic E-state index is -0.259. The van der Waals surface area contributed by atoms with Crippen LogP contribution in [0.2, 0.25) is 0 Å². The largest absolute Gasteiger partial charge is 0.486 e. The predicted molar refractivity (Wildman–Crippen MR) is 114 cm³/mol. The Balaban J connectivity index is 1.50. The topological polar surface area (TPSA) is 67.9 Å². The molecule has 0 fully saturated rings. The molecule has 1 N–H and O–H groups in total. The van der Waals surface area contributed by atoms with Crippen molar-refractivity contribution in [2.75, 3.05) is 25.6 Å². The van der Waals surface area contributed by atoms with Crippen molar-refractivity contribution in [2.24, 2.45) is 0 Å². The molecule has 6 heteroatoms.